The van der Waals surface area contributed by atoms with Crippen molar-refractivity contribution in [2.24, 2.45) is 0 Å². The molecule has 0 saturated carbocycles. The molecule has 2 aromatic rings. The monoisotopic (exact) mass is 340 g/mol. The summed E-state index contributed by atoms with van der Waals surface area (Å²) in [5.74, 6) is 0.681. The van der Waals surface area contributed by atoms with E-state index in [0.717, 1.165) is 4.88 Å². The van der Waals surface area contributed by atoms with Crippen LogP contribution in [0.5, 0.6) is 5.75 Å². The average molecular weight is 341 g/mol. The fourth-order valence-corrected chi connectivity index (χ4v) is 3.00. The Morgan fingerprint density at radius 2 is 2.14 bits per heavy atom. The normalized spacial score (nSPS) is 11.8. The van der Waals surface area contributed by atoms with Crippen molar-refractivity contribution in [2.45, 2.75) is 6.10 Å². The number of hydrogen-bond acceptors (Lipinski definition) is 4. The maximum Gasteiger partial charge on any atom is 0.319 e. The molecule has 1 heterocycles. The highest BCUT2D eigenvalue weighted by atomic mass is 35.5. The van der Waals surface area contributed by atoms with E-state index in [1.54, 1.807) is 32.4 Å². The SMILES string of the molecule is COc1cccc(NC(=O)NCC(OC)c2ccc(Cl)s2)c1. The maximum atomic E-state index is 11.9. The van der Waals surface area contributed by atoms with Crippen LogP contribution in [0.3, 0.4) is 0 Å². The van der Waals surface area contributed by atoms with Crippen LogP contribution in [0.1, 0.15) is 11.0 Å². The second-order valence-corrected chi connectivity index (χ2v) is 6.18. The van der Waals surface area contributed by atoms with Gasteiger partial charge in [-0.2, -0.15) is 0 Å². The summed E-state index contributed by atoms with van der Waals surface area (Å²) in [6.07, 6.45) is -0.228. The first kappa shape index (κ1) is 16.6. The molecule has 7 heteroatoms. The number of carbonyl (C=O) groups excluding carboxylic acids is 1. The van der Waals surface area contributed by atoms with Gasteiger partial charge in [-0.15, -0.1) is 11.3 Å². The predicted octanol–water partition coefficient (Wildman–Crippen LogP) is 3.92. The van der Waals surface area contributed by atoms with Crippen molar-refractivity contribution in [3.63, 3.8) is 0 Å². The molecule has 0 saturated heterocycles. The lowest BCUT2D eigenvalue weighted by molar-refractivity contribution is 0.107. The number of halogens is 1. The van der Waals surface area contributed by atoms with E-state index in [1.165, 1.54) is 11.3 Å². The number of carbonyl (C=O) groups is 1. The van der Waals surface area contributed by atoms with Gasteiger partial charge in [-0.3, -0.25) is 0 Å². The quantitative estimate of drug-likeness (QED) is 0.838. The molecule has 5 nitrogen and oxygen atoms in total. The lowest BCUT2D eigenvalue weighted by Crippen LogP contribution is -2.32. The van der Waals surface area contributed by atoms with Crippen LogP contribution in [-0.2, 0) is 4.74 Å². The van der Waals surface area contributed by atoms with E-state index in [2.05, 4.69) is 10.6 Å². The maximum absolute atomic E-state index is 11.9. The summed E-state index contributed by atoms with van der Waals surface area (Å²) in [5, 5.41) is 5.52. The van der Waals surface area contributed by atoms with E-state index in [1.807, 2.05) is 18.2 Å². The standard InChI is InChI=1S/C15H17ClN2O3S/c1-20-11-5-3-4-10(8-11)18-15(19)17-9-12(21-2)13-6-7-14(16)22-13/h3-8,12H,9H2,1-2H3,(H2,17,18,19). The summed E-state index contributed by atoms with van der Waals surface area (Å²) < 4.78 is 11.2. The molecule has 0 aliphatic heterocycles. The molecule has 0 spiro atoms. The number of methoxy groups -OCH3 is 2. The van der Waals surface area contributed by atoms with Crippen molar-refractivity contribution in [3.05, 3.63) is 45.6 Å². The first-order valence-electron chi connectivity index (χ1n) is 6.59. The fraction of sp³-hybridized carbons (Fsp3) is 0.267. The van der Waals surface area contributed by atoms with Gasteiger partial charge in [0.1, 0.15) is 11.9 Å². The zero-order chi connectivity index (χ0) is 15.9. The molecule has 0 aliphatic rings. The number of thiophene rings is 1. The molecule has 0 fully saturated rings. The molecule has 118 valence electrons. The van der Waals surface area contributed by atoms with Crippen LogP contribution in [0.4, 0.5) is 10.5 Å². The zero-order valence-corrected chi connectivity index (χ0v) is 13.8. The number of urea groups is 1. The van der Waals surface area contributed by atoms with Gasteiger partial charge in [0.05, 0.1) is 18.0 Å². The third-order valence-electron chi connectivity index (χ3n) is 2.97. The summed E-state index contributed by atoms with van der Waals surface area (Å²) in [5.41, 5.74) is 0.657. The van der Waals surface area contributed by atoms with E-state index < -0.39 is 0 Å². The molecule has 0 aliphatic carbocycles. The lowest BCUT2D eigenvalue weighted by Gasteiger charge is -2.15. The molecule has 22 heavy (non-hydrogen) atoms. The van der Waals surface area contributed by atoms with Gasteiger partial charge >= 0.3 is 6.03 Å². The Hall–Kier alpha value is -1.76. The first-order chi connectivity index (χ1) is 10.6. The molecular weight excluding hydrogens is 324 g/mol. The van der Waals surface area contributed by atoms with Crippen LogP contribution < -0.4 is 15.4 Å². The zero-order valence-electron chi connectivity index (χ0n) is 12.3. The third-order valence-corrected chi connectivity index (χ3v) is 4.29. The Morgan fingerprint density at radius 3 is 2.77 bits per heavy atom. The van der Waals surface area contributed by atoms with Gasteiger partial charge in [-0.1, -0.05) is 17.7 Å². The molecule has 1 aromatic carbocycles. The number of amides is 2. The topological polar surface area (TPSA) is 59.6 Å². The average Bonchev–Trinajstić information content (AvgIpc) is 2.94. The molecule has 0 radical (unpaired) electrons. The van der Waals surface area contributed by atoms with Crippen molar-refractivity contribution in [2.75, 3.05) is 26.1 Å². The largest absolute Gasteiger partial charge is 0.497 e. The highest BCUT2D eigenvalue weighted by Crippen LogP contribution is 2.28. The summed E-state index contributed by atoms with van der Waals surface area (Å²) in [4.78, 5) is 12.9. The van der Waals surface area contributed by atoms with Gasteiger partial charge in [0.15, 0.2) is 0 Å². The molecule has 1 aromatic heterocycles. The minimum atomic E-state index is -0.307. The van der Waals surface area contributed by atoms with E-state index in [0.29, 0.717) is 22.3 Å². The second kappa shape index (κ2) is 8.03. The number of nitrogens with one attached hydrogen (secondary N) is 2. The van der Waals surface area contributed by atoms with E-state index in [4.69, 9.17) is 21.1 Å². The number of benzene rings is 1. The summed E-state index contributed by atoms with van der Waals surface area (Å²) in [6.45, 7) is 0.350. The minimum absolute atomic E-state index is 0.228. The molecular formula is C15H17ClN2O3S. The van der Waals surface area contributed by atoms with Crippen LogP contribution in [0, 0.1) is 0 Å². The van der Waals surface area contributed by atoms with Crippen LogP contribution in [0.2, 0.25) is 4.34 Å². The third kappa shape index (κ3) is 4.62. The van der Waals surface area contributed by atoms with Crippen molar-refractivity contribution >= 4 is 34.7 Å². The molecule has 1 atom stereocenters. The van der Waals surface area contributed by atoms with Crippen LogP contribution >= 0.6 is 22.9 Å². The highest BCUT2D eigenvalue weighted by Gasteiger charge is 2.14. The first-order valence-corrected chi connectivity index (χ1v) is 7.78. The van der Waals surface area contributed by atoms with Crippen molar-refractivity contribution in [1.82, 2.24) is 5.32 Å². The van der Waals surface area contributed by atoms with Gasteiger partial charge in [0, 0.05) is 23.7 Å². The van der Waals surface area contributed by atoms with Crippen LogP contribution in [-0.4, -0.2) is 26.8 Å². The van der Waals surface area contributed by atoms with Gasteiger partial charge in [-0.05, 0) is 24.3 Å². The Kier molecular flexibility index (Phi) is 6.06. The van der Waals surface area contributed by atoms with Crippen molar-refractivity contribution < 1.29 is 14.3 Å². The summed E-state index contributed by atoms with van der Waals surface area (Å²) >= 11 is 7.34. The van der Waals surface area contributed by atoms with Gasteiger partial charge in [-0.25, -0.2) is 4.79 Å². The molecule has 2 rings (SSSR count). The Bertz CT molecular complexity index is 633. The molecule has 0 bridgehead atoms. The number of hydrogen-bond donors (Lipinski definition) is 2. The molecule has 2 N–H and O–H groups in total. The number of ether oxygens (including phenoxy) is 2. The molecule has 2 amide bonds. The number of anilines is 1. The van der Waals surface area contributed by atoms with E-state index in [9.17, 15) is 4.79 Å². The van der Waals surface area contributed by atoms with Crippen LogP contribution in [0.15, 0.2) is 36.4 Å². The second-order valence-electron chi connectivity index (χ2n) is 4.43. The van der Waals surface area contributed by atoms with Crippen molar-refractivity contribution in [1.29, 1.82) is 0 Å². The predicted molar refractivity (Wildman–Crippen MR) is 89.1 cm³/mol. The van der Waals surface area contributed by atoms with Crippen LogP contribution in [0.25, 0.3) is 0 Å². The Morgan fingerprint density at radius 1 is 1.32 bits per heavy atom. The minimum Gasteiger partial charge on any atom is -0.497 e. The smallest absolute Gasteiger partial charge is 0.319 e. The highest BCUT2D eigenvalue weighted by molar-refractivity contribution is 7.16. The van der Waals surface area contributed by atoms with E-state index >= 15 is 0 Å². The Balaban J connectivity index is 1.88. The van der Waals surface area contributed by atoms with E-state index in [-0.39, 0.29) is 12.1 Å². The van der Waals surface area contributed by atoms with Gasteiger partial charge in [0.25, 0.3) is 0 Å². The van der Waals surface area contributed by atoms with Crippen molar-refractivity contribution in [3.8, 4) is 5.75 Å². The summed E-state index contributed by atoms with van der Waals surface area (Å²) in [6, 6.07) is 10.5. The molecule has 1 unspecified atom stereocenters. The summed E-state index contributed by atoms with van der Waals surface area (Å²) in [7, 11) is 3.18. The lowest BCUT2D eigenvalue weighted by atomic mass is 10.3. The number of rotatable bonds is 6. The fourth-order valence-electron chi connectivity index (χ4n) is 1.86. The Labute approximate surface area is 138 Å². The van der Waals surface area contributed by atoms with Gasteiger partial charge in [0.2, 0.25) is 0 Å². The van der Waals surface area contributed by atoms with Gasteiger partial charge < -0.3 is 20.1 Å².